The SMILES string of the molecule is Cn1c(C(F)(F)F)cc(=O)n(-c2cccc(Oc3cccnc3OCC=O)n2)c1=O. The lowest BCUT2D eigenvalue weighted by atomic mass is 10.3. The summed E-state index contributed by atoms with van der Waals surface area (Å²) in [5, 5.41) is 0. The van der Waals surface area contributed by atoms with E-state index < -0.39 is 23.1 Å². The summed E-state index contributed by atoms with van der Waals surface area (Å²) in [7, 11) is 0.897. The molecule has 0 N–H and O–H groups in total. The molecular formula is C18H13F3N4O5. The van der Waals surface area contributed by atoms with Gasteiger partial charge < -0.3 is 9.47 Å². The molecular weight excluding hydrogens is 409 g/mol. The van der Waals surface area contributed by atoms with Crippen LogP contribution in [0.5, 0.6) is 17.5 Å². The maximum atomic E-state index is 13.0. The van der Waals surface area contributed by atoms with Crippen LogP contribution in [-0.4, -0.2) is 32.0 Å². The van der Waals surface area contributed by atoms with Crippen molar-refractivity contribution in [2.75, 3.05) is 6.61 Å². The third kappa shape index (κ3) is 4.21. The summed E-state index contributed by atoms with van der Waals surface area (Å²) in [6.07, 6.45) is -2.95. The number of carbonyl (C=O) groups excluding carboxylic acids is 1. The molecule has 0 atom stereocenters. The van der Waals surface area contributed by atoms with Crippen molar-refractivity contribution in [3.05, 3.63) is 69.1 Å². The Kier molecular flexibility index (Phi) is 5.67. The number of ether oxygens (including phenoxy) is 2. The van der Waals surface area contributed by atoms with E-state index in [9.17, 15) is 27.6 Å². The standard InChI is InChI=1S/C18H13F3N4O5/c1-24-12(18(19,20)21)10-15(27)25(17(24)28)13-5-2-6-14(23-13)30-11-4-3-7-22-16(11)29-9-8-26/h2-8,10H,9H2,1H3. The van der Waals surface area contributed by atoms with E-state index in [0.29, 0.717) is 21.5 Å². The highest BCUT2D eigenvalue weighted by Gasteiger charge is 2.35. The van der Waals surface area contributed by atoms with E-state index in [0.717, 1.165) is 7.05 Å². The topological polar surface area (TPSA) is 105 Å². The van der Waals surface area contributed by atoms with Crippen molar-refractivity contribution in [1.29, 1.82) is 0 Å². The molecule has 0 bridgehead atoms. The average Bonchev–Trinajstić information content (AvgIpc) is 2.70. The molecule has 0 aliphatic rings. The fourth-order valence-electron chi connectivity index (χ4n) is 2.48. The number of hydrogen-bond donors (Lipinski definition) is 0. The second-order valence-corrected chi connectivity index (χ2v) is 5.76. The van der Waals surface area contributed by atoms with E-state index in [1.807, 2.05) is 0 Å². The van der Waals surface area contributed by atoms with Gasteiger partial charge in [-0.3, -0.25) is 14.2 Å². The van der Waals surface area contributed by atoms with Crippen LogP contribution in [0.3, 0.4) is 0 Å². The normalized spacial score (nSPS) is 11.2. The minimum absolute atomic E-state index is 0.000543. The van der Waals surface area contributed by atoms with Gasteiger partial charge in [-0.2, -0.15) is 18.2 Å². The third-order valence-corrected chi connectivity index (χ3v) is 3.79. The Hall–Kier alpha value is -3.96. The summed E-state index contributed by atoms with van der Waals surface area (Å²) in [5.74, 6) is -0.243. The molecule has 0 spiro atoms. The maximum Gasteiger partial charge on any atom is 0.431 e. The Morgan fingerprint density at radius 2 is 1.93 bits per heavy atom. The van der Waals surface area contributed by atoms with Crippen LogP contribution in [0, 0.1) is 0 Å². The third-order valence-electron chi connectivity index (χ3n) is 3.79. The number of halogens is 3. The Morgan fingerprint density at radius 3 is 2.63 bits per heavy atom. The second kappa shape index (κ2) is 8.19. The van der Waals surface area contributed by atoms with E-state index in [1.54, 1.807) is 0 Å². The Labute approximate surface area is 166 Å². The summed E-state index contributed by atoms with van der Waals surface area (Å²) in [5.41, 5.74) is -3.81. The highest BCUT2D eigenvalue weighted by Crippen LogP contribution is 2.29. The Balaban J connectivity index is 2.02. The van der Waals surface area contributed by atoms with Crippen LogP contribution in [0.25, 0.3) is 5.82 Å². The number of pyridine rings is 2. The highest BCUT2D eigenvalue weighted by molar-refractivity contribution is 5.51. The fraction of sp³-hybridized carbons (Fsp3) is 0.167. The van der Waals surface area contributed by atoms with Crippen molar-refractivity contribution < 1.29 is 27.4 Å². The van der Waals surface area contributed by atoms with Crippen LogP contribution in [0.4, 0.5) is 13.2 Å². The van der Waals surface area contributed by atoms with Crippen molar-refractivity contribution >= 4 is 6.29 Å². The summed E-state index contributed by atoms with van der Waals surface area (Å²) in [4.78, 5) is 43.0. The zero-order chi connectivity index (χ0) is 21.9. The first kappa shape index (κ1) is 20.8. The molecule has 0 aliphatic carbocycles. The lowest BCUT2D eigenvalue weighted by molar-refractivity contribution is -0.144. The molecule has 3 rings (SSSR count). The number of nitrogens with zero attached hydrogens (tertiary/aromatic N) is 4. The predicted molar refractivity (Wildman–Crippen MR) is 95.9 cm³/mol. The van der Waals surface area contributed by atoms with Gasteiger partial charge in [-0.15, -0.1) is 0 Å². The van der Waals surface area contributed by atoms with Crippen LogP contribution in [0.15, 0.2) is 52.2 Å². The van der Waals surface area contributed by atoms with Crippen LogP contribution < -0.4 is 20.7 Å². The predicted octanol–water partition coefficient (Wildman–Crippen LogP) is 1.71. The van der Waals surface area contributed by atoms with Crippen molar-refractivity contribution in [1.82, 2.24) is 19.1 Å². The largest absolute Gasteiger partial charge is 0.467 e. The van der Waals surface area contributed by atoms with Gasteiger partial charge in [0.25, 0.3) is 11.4 Å². The van der Waals surface area contributed by atoms with Crippen molar-refractivity contribution in [3.63, 3.8) is 0 Å². The molecule has 0 saturated heterocycles. The Morgan fingerprint density at radius 1 is 1.17 bits per heavy atom. The zero-order valence-corrected chi connectivity index (χ0v) is 15.3. The van der Waals surface area contributed by atoms with Crippen molar-refractivity contribution in [3.8, 4) is 23.3 Å². The molecule has 156 valence electrons. The zero-order valence-electron chi connectivity index (χ0n) is 15.3. The van der Waals surface area contributed by atoms with Gasteiger partial charge in [0.2, 0.25) is 5.88 Å². The number of carbonyl (C=O) groups is 1. The number of rotatable bonds is 6. The first-order valence-corrected chi connectivity index (χ1v) is 8.29. The first-order chi connectivity index (χ1) is 14.2. The molecule has 0 unspecified atom stereocenters. The summed E-state index contributed by atoms with van der Waals surface area (Å²) in [6, 6.07) is 7.36. The quantitative estimate of drug-likeness (QED) is 0.557. The van der Waals surface area contributed by atoms with Gasteiger partial charge in [0.05, 0.1) is 0 Å². The second-order valence-electron chi connectivity index (χ2n) is 5.76. The summed E-state index contributed by atoms with van der Waals surface area (Å²) < 4.78 is 50.4. The number of aldehydes is 1. The van der Waals surface area contributed by atoms with Crippen molar-refractivity contribution in [2.45, 2.75) is 6.18 Å². The van der Waals surface area contributed by atoms with Gasteiger partial charge >= 0.3 is 11.9 Å². The van der Waals surface area contributed by atoms with Gasteiger partial charge in [0.15, 0.2) is 12.0 Å². The number of alkyl halides is 3. The Bertz CT molecular complexity index is 1200. The lowest BCUT2D eigenvalue weighted by Gasteiger charge is -2.14. The minimum atomic E-state index is -4.87. The van der Waals surface area contributed by atoms with Crippen LogP contribution in [0.2, 0.25) is 0 Å². The van der Waals surface area contributed by atoms with Gasteiger partial charge in [0, 0.05) is 25.4 Å². The van der Waals surface area contributed by atoms with Gasteiger partial charge in [-0.1, -0.05) is 6.07 Å². The van der Waals surface area contributed by atoms with Crippen molar-refractivity contribution in [2.24, 2.45) is 7.05 Å². The molecule has 12 heteroatoms. The maximum absolute atomic E-state index is 13.0. The number of hydrogen-bond acceptors (Lipinski definition) is 7. The fourth-order valence-corrected chi connectivity index (χ4v) is 2.48. The smallest absolute Gasteiger partial charge is 0.431 e. The molecule has 0 fully saturated rings. The molecule has 30 heavy (non-hydrogen) atoms. The van der Waals surface area contributed by atoms with E-state index in [4.69, 9.17) is 9.47 Å². The molecule has 3 aromatic heterocycles. The average molecular weight is 422 g/mol. The van der Waals surface area contributed by atoms with E-state index in [1.165, 1.54) is 36.5 Å². The van der Waals surface area contributed by atoms with E-state index >= 15 is 0 Å². The van der Waals surface area contributed by atoms with Crippen LogP contribution in [-0.2, 0) is 18.0 Å². The van der Waals surface area contributed by atoms with Crippen LogP contribution in [0.1, 0.15) is 5.69 Å². The summed E-state index contributed by atoms with van der Waals surface area (Å²) >= 11 is 0. The molecule has 0 aromatic carbocycles. The molecule has 3 heterocycles. The van der Waals surface area contributed by atoms with E-state index in [2.05, 4.69) is 9.97 Å². The first-order valence-electron chi connectivity index (χ1n) is 8.29. The molecule has 0 radical (unpaired) electrons. The highest BCUT2D eigenvalue weighted by atomic mass is 19.4. The van der Waals surface area contributed by atoms with E-state index in [-0.39, 0.29) is 29.9 Å². The summed E-state index contributed by atoms with van der Waals surface area (Å²) in [6.45, 7) is -0.266. The van der Waals surface area contributed by atoms with Gasteiger partial charge in [0.1, 0.15) is 18.1 Å². The monoisotopic (exact) mass is 422 g/mol. The molecule has 0 aliphatic heterocycles. The van der Waals surface area contributed by atoms with Crippen LogP contribution >= 0.6 is 0 Å². The lowest BCUT2D eigenvalue weighted by Crippen LogP contribution is -2.41. The van der Waals surface area contributed by atoms with Gasteiger partial charge in [-0.25, -0.2) is 14.3 Å². The molecule has 9 nitrogen and oxygen atoms in total. The number of aromatic nitrogens is 4. The molecule has 0 amide bonds. The minimum Gasteiger partial charge on any atom is -0.467 e. The molecule has 0 saturated carbocycles. The van der Waals surface area contributed by atoms with Gasteiger partial charge in [-0.05, 0) is 18.2 Å². The molecule has 3 aromatic rings.